The summed E-state index contributed by atoms with van der Waals surface area (Å²) in [5, 5.41) is 39.1. The summed E-state index contributed by atoms with van der Waals surface area (Å²) in [6.07, 6.45) is 0. The van der Waals surface area contributed by atoms with Gasteiger partial charge < -0.3 is 10.2 Å². The number of aromatic hydroxyl groups is 2. The van der Waals surface area contributed by atoms with Crippen LogP contribution in [0.5, 0.6) is 11.5 Å². The van der Waals surface area contributed by atoms with Crippen LogP contribution >= 0.6 is 0 Å². The molecule has 0 aliphatic carbocycles. The Labute approximate surface area is 130 Å². The normalized spacial score (nSPS) is 11.1. The number of benzene rings is 3. The van der Waals surface area contributed by atoms with Crippen LogP contribution in [-0.2, 0) is 0 Å². The average molecular weight is 309 g/mol. The van der Waals surface area contributed by atoms with E-state index >= 15 is 0 Å². The number of nitrogens with zero attached hydrogens (tertiary/aromatic N) is 3. The Morgan fingerprint density at radius 1 is 0.913 bits per heavy atom. The molecule has 0 saturated heterocycles. The van der Waals surface area contributed by atoms with Gasteiger partial charge in [0.1, 0.15) is 0 Å². The lowest BCUT2D eigenvalue weighted by Crippen LogP contribution is -1.90. The molecule has 0 aliphatic rings. The second-order valence-corrected chi connectivity index (χ2v) is 4.79. The Morgan fingerprint density at radius 2 is 1.61 bits per heavy atom. The Morgan fingerprint density at radius 3 is 2.30 bits per heavy atom. The molecule has 2 N–H and O–H groups in total. The fourth-order valence-corrected chi connectivity index (χ4v) is 2.21. The number of nitro benzene ring substituents is 1. The number of azo groups is 1. The van der Waals surface area contributed by atoms with Crippen molar-refractivity contribution in [2.24, 2.45) is 10.2 Å². The van der Waals surface area contributed by atoms with Gasteiger partial charge in [-0.05, 0) is 41.8 Å². The second kappa shape index (κ2) is 5.72. The lowest BCUT2D eigenvalue weighted by molar-refractivity contribution is -0.384. The number of hydrogen-bond acceptors (Lipinski definition) is 6. The summed E-state index contributed by atoms with van der Waals surface area (Å²) in [5.41, 5.74) is 0.611. The van der Waals surface area contributed by atoms with Crippen molar-refractivity contribution in [1.82, 2.24) is 0 Å². The van der Waals surface area contributed by atoms with Crippen molar-refractivity contribution in [3.63, 3.8) is 0 Å². The van der Waals surface area contributed by atoms with Crippen molar-refractivity contribution in [2.75, 3.05) is 0 Å². The van der Waals surface area contributed by atoms with Gasteiger partial charge in [0, 0.05) is 0 Å². The smallest absolute Gasteiger partial charge is 0.322 e. The molecule has 3 aromatic rings. The molecule has 0 heterocycles. The highest BCUT2D eigenvalue weighted by Gasteiger charge is 2.22. The van der Waals surface area contributed by atoms with E-state index in [4.69, 9.17) is 0 Å². The summed E-state index contributed by atoms with van der Waals surface area (Å²) >= 11 is 0. The van der Waals surface area contributed by atoms with Crippen LogP contribution in [0.4, 0.5) is 17.1 Å². The van der Waals surface area contributed by atoms with Gasteiger partial charge in [-0.15, -0.1) is 0 Å². The van der Waals surface area contributed by atoms with Crippen LogP contribution in [-0.4, -0.2) is 15.1 Å². The SMILES string of the molecule is O=[N+]([O-])c1c(O)c(O)cc2cc(N=Nc3ccccc3)ccc12. The molecule has 0 fully saturated rings. The number of phenolic OH excluding ortho intramolecular Hbond substituents is 2. The second-order valence-electron chi connectivity index (χ2n) is 4.79. The van der Waals surface area contributed by atoms with Crippen LogP contribution in [0.25, 0.3) is 10.8 Å². The van der Waals surface area contributed by atoms with Crippen molar-refractivity contribution in [3.8, 4) is 11.5 Å². The summed E-state index contributed by atoms with van der Waals surface area (Å²) in [5.74, 6) is -1.30. The lowest BCUT2D eigenvalue weighted by Gasteiger charge is -2.04. The van der Waals surface area contributed by atoms with Gasteiger partial charge in [0.15, 0.2) is 5.75 Å². The molecule has 3 aromatic carbocycles. The average Bonchev–Trinajstić information content (AvgIpc) is 2.54. The molecule has 23 heavy (non-hydrogen) atoms. The fourth-order valence-electron chi connectivity index (χ4n) is 2.21. The predicted octanol–water partition coefficient (Wildman–Crippen LogP) is 4.57. The minimum atomic E-state index is -0.749. The molecule has 0 aromatic heterocycles. The summed E-state index contributed by atoms with van der Waals surface area (Å²) in [4.78, 5) is 10.3. The van der Waals surface area contributed by atoms with E-state index in [1.165, 1.54) is 12.1 Å². The molecule has 114 valence electrons. The summed E-state index contributed by atoms with van der Waals surface area (Å²) < 4.78 is 0. The van der Waals surface area contributed by atoms with Gasteiger partial charge in [0.2, 0.25) is 5.75 Å². The van der Waals surface area contributed by atoms with Gasteiger partial charge in [-0.1, -0.05) is 18.2 Å². The number of phenols is 2. The largest absolute Gasteiger partial charge is 0.504 e. The number of fused-ring (bicyclic) bond motifs is 1. The third kappa shape index (κ3) is 2.80. The highest BCUT2D eigenvalue weighted by atomic mass is 16.6. The standard InChI is InChI=1S/C16H11N3O4/c20-14-9-10-8-12(18-17-11-4-2-1-3-5-11)6-7-13(10)15(16(14)21)19(22)23/h1-9,20-21H. The minimum absolute atomic E-state index is 0.212. The van der Waals surface area contributed by atoms with Crippen LogP contribution in [0, 0.1) is 10.1 Å². The molecule has 0 radical (unpaired) electrons. The molecule has 7 nitrogen and oxygen atoms in total. The van der Waals surface area contributed by atoms with Crippen LogP contribution in [0.15, 0.2) is 64.8 Å². The van der Waals surface area contributed by atoms with Crippen LogP contribution in [0.3, 0.4) is 0 Å². The van der Waals surface area contributed by atoms with E-state index in [1.807, 2.05) is 18.2 Å². The first kappa shape index (κ1) is 14.5. The molecule has 0 amide bonds. The quantitative estimate of drug-likeness (QED) is 0.319. The third-order valence-corrected chi connectivity index (χ3v) is 3.27. The van der Waals surface area contributed by atoms with Crippen LogP contribution in [0.2, 0.25) is 0 Å². The predicted molar refractivity (Wildman–Crippen MR) is 84.6 cm³/mol. The summed E-state index contributed by atoms with van der Waals surface area (Å²) in [7, 11) is 0. The van der Waals surface area contributed by atoms with E-state index in [0.717, 1.165) is 0 Å². The molecule has 3 rings (SSSR count). The summed E-state index contributed by atoms with van der Waals surface area (Å²) in [6, 6.07) is 14.9. The van der Waals surface area contributed by atoms with E-state index in [-0.39, 0.29) is 5.39 Å². The topological polar surface area (TPSA) is 108 Å². The zero-order valence-corrected chi connectivity index (χ0v) is 11.7. The molecule has 0 saturated carbocycles. The first-order valence-electron chi connectivity index (χ1n) is 6.66. The van der Waals surface area contributed by atoms with Gasteiger partial charge in [-0.3, -0.25) is 10.1 Å². The molecule has 0 atom stereocenters. The minimum Gasteiger partial charge on any atom is -0.504 e. The number of hydrogen-bond donors (Lipinski definition) is 2. The monoisotopic (exact) mass is 309 g/mol. The van der Waals surface area contributed by atoms with Crippen LogP contribution < -0.4 is 0 Å². The van der Waals surface area contributed by atoms with Crippen molar-refractivity contribution >= 4 is 27.8 Å². The highest BCUT2D eigenvalue weighted by Crippen LogP contribution is 2.42. The van der Waals surface area contributed by atoms with E-state index < -0.39 is 22.1 Å². The van der Waals surface area contributed by atoms with Crippen molar-refractivity contribution in [3.05, 3.63) is 64.7 Å². The van der Waals surface area contributed by atoms with Crippen molar-refractivity contribution < 1.29 is 15.1 Å². The molecular formula is C16H11N3O4. The van der Waals surface area contributed by atoms with E-state index in [9.17, 15) is 20.3 Å². The van der Waals surface area contributed by atoms with E-state index in [2.05, 4.69) is 10.2 Å². The van der Waals surface area contributed by atoms with Crippen LogP contribution in [0.1, 0.15) is 0 Å². The maximum Gasteiger partial charge on any atom is 0.322 e. The maximum atomic E-state index is 11.1. The Kier molecular flexibility index (Phi) is 3.60. The Balaban J connectivity index is 2.08. The summed E-state index contributed by atoms with van der Waals surface area (Å²) in [6.45, 7) is 0. The van der Waals surface area contributed by atoms with E-state index in [0.29, 0.717) is 16.8 Å². The van der Waals surface area contributed by atoms with Gasteiger partial charge in [-0.2, -0.15) is 10.2 Å². The highest BCUT2D eigenvalue weighted by molar-refractivity contribution is 5.96. The maximum absolute atomic E-state index is 11.1. The first-order valence-corrected chi connectivity index (χ1v) is 6.66. The van der Waals surface area contributed by atoms with Gasteiger partial charge >= 0.3 is 5.69 Å². The van der Waals surface area contributed by atoms with Crippen molar-refractivity contribution in [1.29, 1.82) is 0 Å². The number of nitro groups is 1. The molecule has 0 aliphatic heterocycles. The van der Waals surface area contributed by atoms with Gasteiger partial charge in [-0.25, -0.2) is 0 Å². The molecule has 0 bridgehead atoms. The zero-order chi connectivity index (χ0) is 16.4. The molecule has 0 spiro atoms. The lowest BCUT2D eigenvalue weighted by atomic mass is 10.1. The fraction of sp³-hybridized carbons (Fsp3) is 0. The number of rotatable bonds is 3. The van der Waals surface area contributed by atoms with E-state index in [1.54, 1.807) is 24.3 Å². The zero-order valence-electron chi connectivity index (χ0n) is 11.7. The molecule has 7 heteroatoms. The third-order valence-electron chi connectivity index (χ3n) is 3.27. The van der Waals surface area contributed by atoms with Crippen molar-refractivity contribution in [2.45, 2.75) is 0 Å². The van der Waals surface area contributed by atoms with Gasteiger partial charge in [0.25, 0.3) is 0 Å². The van der Waals surface area contributed by atoms with Gasteiger partial charge in [0.05, 0.1) is 21.7 Å². The molecule has 0 unspecified atom stereocenters. The first-order chi connectivity index (χ1) is 11.1. The molecular weight excluding hydrogens is 298 g/mol. The Hall–Kier alpha value is -3.48. The Bertz CT molecular complexity index is 924.